The van der Waals surface area contributed by atoms with E-state index in [-0.39, 0.29) is 5.91 Å². The molecule has 0 fully saturated rings. The van der Waals surface area contributed by atoms with Crippen LogP contribution in [0.3, 0.4) is 0 Å². The highest BCUT2D eigenvalue weighted by Crippen LogP contribution is 2.24. The second-order valence-corrected chi connectivity index (χ2v) is 6.62. The summed E-state index contributed by atoms with van der Waals surface area (Å²) in [6.45, 7) is 6.15. The number of rotatable bonds is 3. The van der Waals surface area contributed by atoms with Crippen molar-refractivity contribution in [2.45, 2.75) is 32.9 Å². The molecule has 2 aromatic heterocycles. The van der Waals surface area contributed by atoms with Gasteiger partial charge >= 0.3 is 12.1 Å². The molecule has 0 aromatic carbocycles. The smallest absolute Gasteiger partial charge is 0.475 e. The van der Waals surface area contributed by atoms with Gasteiger partial charge < -0.3 is 19.3 Å². The van der Waals surface area contributed by atoms with E-state index in [1.165, 1.54) is 0 Å². The maximum Gasteiger partial charge on any atom is 0.490 e. The number of aryl methyl sites for hydroxylation is 1. The predicted octanol–water partition coefficient (Wildman–Crippen LogP) is 2.71. The van der Waals surface area contributed by atoms with E-state index in [1.807, 2.05) is 18.9 Å². The Morgan fingerprint density at radius 1 is 1.27 bits per heavy atom. The summed E-state index contributed by atoms with van der Waals surface area (Å²) >= 11 is 0. The minimum absolute atomic E-state index is 0.0300. The number of carbonyl (C=O) groups excluding carboxylic acids is 1. The average molecular weight is 428 g/mol. The molecule has 0 radical (unpaired) electrons. The molecule has 0 aliphatic carbocycles. The first-order valence-electron chi connectivity index (χ1n) is 9.23. The first kappa shape index (κ1) is 23.2. The van der Waals surface area contributed by atoms with E-state index in [0.29, 0.717) is 24.4 Å². The van der Waals surface area contributed by atoms with E-state index >= 15 is 0 Å². The van der Waals surface area contributed by atoms with Crippen LogP contribution in [0.25, 0.3) is 0 Å². The number of hydrogen-bond donors (Lipinski definition) is 1. The fourth-order valence-corrected chi connectivity index (χ4v) is 2.97. The fourth-order valence-electron chi connectivity index (χ4n) is 2.97. The summed E-state index contributed by atoms with van der Waals surface area (Å²) in [5.41, 5.74) is 2.86. The third-order valence-electron chi connectivity index (χ3n) is 4.72. The molecule has 0 saturated carbocycles. The molecule has 8 nitrogen and oxygen atoms in total. The van der Waals surface area contributed by atoms with Gasteiger partial charge in [-0.25, -0.2) is 14.8 Å². The second kappa shape index (κ2) is 9.59. The normalized spacial score (nSPS) is 13.6. The van der Waals surface area contributed by atoms with Crippen molar-refractivity contribution >= 4 is 17.7 Å². The molecule has 164 valence electrons. The maximum absolute atomic E-state index is 12.7. The standard InChI is InChI=1S/C17H22N4O2.C2HF3O2/c1-4-20(3)16-14-5-8-21(9-6-15(14)18-11-19-16)17(22)13-7-10-23-12(13)2;3-2(4,5)1(6)7/h7,10-11H,4-6,8-9H2,1-3H3;(H,6,7). The average Bonchev–Trinajstić information content (AvgIpc) is 3.00. The zero-order valence-corrected chi connectivity index (χ0v) is 16.9. The lowest BCUT2D eigenvalue weighted by molar-refractivity contribution is -0.192. The number of amides is 1. The predicted molar refractivity (Wildman–Crippen MR) is 101 cm³/mol. The van der Waals surface area contributed by atoms with Crippen LogP contribution in [-0.4, -0.2) is 64.7 Å². The molecule has 30 heavy (non-hydrogen) atoms. The van der Waals surface area contributed by atoms with Crippen molar-refractivity contribution in [3.63, 3.8) is 0 Å². The lowest BCUT2D eigenvalue weighted by atomic mass is 10.1. The van der Waals surface area contributed by atoms with Crippen LogP contribution in [0.15, 0.2) is 23.1 Å². The molecule has 3 heterocycles. The number of alkyl halides is 3. The molecule has 0 spiro atoms. The van der Waals surface area contributed by atoms with Crippen molar-refractivity contribution in [1.82, 2.24) is 14.9 Å². The van der Waals surface area contributed by atoms with Crippen LogP contribution in [0.5, 0.6) is 0 Å². The van der Waals surface area contributed by atoms with Gasteiger partial charge in [0.25, 0.3) is 5.91 Å². The Kier molecular flexibility index (Phi) is 7.41. The summed E-state index contributed by atoms with van der Waals surface area (Å²) in [5, 5.41) is 7.12. The Labute approximate surface area is 171 Å². The van der Waals surface area contributed by atoms with Crippen molar-refractivity contribution in [1.29, 1.82) is 0 Å². The Morgan fingerprint density at radius 2 is 1.90 bits per heavy atom. The lowest BCUT2D eigenvalue weighted by Gasteiger charge is -2.21. The number of carbonyl (C=O) groups is 2. The van der Waals surface area contributed by atoms with Gasteiger partial charge in [-0.2, -0.15) is 13.2 Å². The molecular weight excluding hydrogens is 405 g/mol. The molecular formula is C19H23F3N4O4. The minimum atomic E-state index is -5.08. The first-order valence-corrected chi connectivity index (χ1v) is 9.23. The summed E-state index contributed by atoms with van der Waals surface area (Å²) in [7, 11) is 2.03. The number of nitrogens with zero attached hydrogens (tertiary/aromatic N) is 4. The summed E-state index contributed by atoms with van der Waals surface area (Å²) in [6.07, 6.45) is -0.365. The Morgan fingerprint density at radius 3 is 2.43 bits per heavy atom. The second-order valence-electron chi connectivity index (χ2n) is 6.62. The Bertz CT molecular complexity index is 898. The number of fused-ring (bicyclic) bond motifs is 1. The number of carboxylic acid groups (broad SMARTS) is 1. The van der Waals surface area contributed by atoms with E-state index in [4.69, 9.17) is 14.3 Å². The third-order valence-corrected chi connectivity index (χ3v) is 4.72. The summed E-state index contributed by atoms with van der Waals surface area (Å²) < 4.78 is 37.0. The van der Waals surface area contributed by atoms with Gasteiger partial charge in [-0.1, -0.05) is 0 Å². The molecule has 0 atom stereocenters. The maximum atomic E-state index is 12.7. The summed E-state index contributed by atoms with van der Waals surface area (Å²) in [4.78, 5) is 34.5. The van der Waals surface area contributed by atoms with Gasteiger partial charge in [0.1, 0.15) is 17.9 Å². The molecule has 2 aromatic rings. The monoisotopic (exact) mass is 428 g/mol. The topological polar surface area (TPSA) is 99.8 Å². The Balaban J connectivity index is 0.000000396. The molecule has 1 aliphatic heterocycles. The highest BCUT2D eigenvalue weighted by molar-refractivity contribution is 5.95. The van der Waals surface area contributed by atoms with Gasteiger partial charge in [0, 0.05) is 38.7 Å². The highest BCUT2D eigenvalue weighted by Gasteiger charge is 2.38. The van der Waals surface area contributed by atoms with Crippen LogP contribution in [0.1, 0.15) is 34.3 Å². The zero-order valence-electron chi connectivity index (χ0n) is 16.9. The summed E-state index contributed by atoms with van der Waals surface area (Å²) in [6, 6.07) is 1.74. The van der Waals surface area contributed by atoms with E-state index in [0.717, 1.165) is 36.5 Å². The van der Waals surface area contributed by atoms with Crippen LogP contribution in [0.2, 0.25) is 0 Å². The van der Waals surface area contributed by atoms with Crippen molar-refractivity contribution < 1.29 is 32.3 Å². The van der Waals surface area contributed by atoms with E-state index in [2.05, 4.69) is 21.8 Å². The van der Waals surface area contributed by atoms with Gasteiger partial charge in [-0.3, -0.25) is 4.79 Å². The van der Waals surface area contributed by atoms with Crippen molar-refractivity contribution in [3.8, 4) is 0 Å². The molecule has 3 rings (SSSR count). The van der Waals surface area contributed by atoms with E-state index < -0.39 is 12.1 Å². The first-order chi connectivity index (χ1) is 14.1. The molecule has 0 saturated heterocycles. The Hall–Kier alpha value is -3.11. The number of aliphatic carboxylic acids is 1. The van der Waals surface area contributed by atoms with Gasteiger partial charge in [-0.15, -0.1) is 0 Å². The number of aromatic nitrogens is 2. The molecule has 1 amide bonds. The largest absolute Gasteiger partial charge is 0.490 e. The van der Waals surface area contributed by atoms with Crippen LogP contribution < -0.4 is 4.90 Å². The zero-order chi connectivity index (χ0) is 22.5. The van der Waals surface area contributed by atoms with Gasteiger partial charge in [0.15, 0.2) is 0 Å². The van der Waals surface area contributed by atoms with Crippen LogP contribution in [-0.2, 0) is 17.6 Å². The van der Waals surface area contributed by atoms with Crippen molar-refractivity contribution in [2.24, 2.45) is 0 Å². The van der Waals surface area contributed by atoms with Crippen LogP contribution >= 0.6 is 0 Å². The van der Waals surface area contributed by atoms with Crippen molar-refractivity contribution in [2.75, 3.05) is 31.6 Å². The van der Waals surface area contributed by atoms with Gasteiger partial charge in [0.05, 0.1) is 17.5 Å². The number of halogens is 3. The van der Waals surface area contributed by atoms with Crippen LogP contribution in [0.4, 0.5) is 19.0 Å². The molecule has 1 aliphatic rings. The highest BCUT2D eigenvalue weighted by atomic mass is 19.4. The third kappa shape index (κ3) is 5.49. The minimum Gasteiger partial charge on any atom is -0.475 e. The molecule has 0 bridgehead atoms. The van der Waals surface area contributed by atoms with E-state index in [9.17, 15) is 18.0 Å². The SMILES string of the molecule is CCN(C)c1ncnc2c1CCN(C(=O)c1ccoc1C)CC2.O=C(O)C(F)(F)F. The molecule has 11 heteroatoms. The molecule has 0 unspecified atom stereocenters. The van der Waals surface area contributed by atoms with Crippen molar-refractivity contribution in [3.05, 3.63) is 41.2 Å². The number of anilines is 1. The molecule has 1 N–H and O–H groups in total. The number of carboxylic acids is 1. The number of furan rings is 1. The van der Waals surface area contributed by atoms with Gasteiger partial charge in [0.2, 0.25) is 0 Å². The van der Waals surface area contributed by atoms with Gasteiger partial charge in [-0.05, 0) is 26.3 Å². The quantitative estimate of drug-likeness (QED) is 0.802. The summed E-state index contributed by atoms with van der Waals surface area (Å²) in [5.74, 6) is -1.08. The fraction of sp³-hybridized carbons (Fsp3) is 0.474. The lowest BCUT2D eigenvalue weighted by Crippen LogP contribution is -2.33. The van der Waals surface area contributed by atoms with Crippen LogP contribution in [0, 0.1) is 6.92 Å². The van der Waals surface area contributed by atoms with E-state index in [1.54, 1.807) is 18.7 Å². The number of hydrogen-bond acceptors (Lipinski definition) is 6.